The molecule has 200 valence electrons. The molecular formula is C40H24N2S. The number of thiophene rings is 1. The van der Waals surface area contributed by atoms with Gasteiger partial charge in [-0.2, -0.15) is 0 Å². The third-order valence-electron chi connectivity index (χ3n) is 8.48. The Kier molecular flexibility index (Phi) is 5.40. The number of benzene rings is 7. The van der Waals surface area contributed by atoms with Crippen LogP contribution in [0.3, 0.4) is 0 Å². The average molecular weight is 565 g/mol. The maximum absolute atomic E-state index is 5.43. The fourth-order valence-electron chi connectivity index (χ4n) is 6.53. The SMILES string of the molecule is c1ccc(-c2cccc(-c3nc(-c4cccc5ccccc45)nc4sc5c6ccccc6c6ccccc6c5c34)c2)cc1. The minimum Gasteiger partial charge on any atom is -0.227 e. The highest BCUT2D eigenvalue weighted by molar-refractivity contribution is 7.26. The molecule has 0 aliphatic heterocycles. The van der Waals surface area contributed by atoms with Crippen molar-refractivity contribution in [2.24, 2.45) is 0 Å². The van der Waals surface area contributed by atoms with E-state index in [2.05, 4.69) is 146 Å². The van der Waals surface area contributed by atoms with Crippen molar-refractivity contribution in [1.82, 2.24) is 9.97 Å². The average Bonchev–Trinajstić information content (AvgIpc) is 3.48. The molecule has 9 rings (SSSR count). The Labute approximate surface area is 252 Å². The predicted molar refractivity (Wildman–Crippen MR) is 184 cm³/mol. The maximum Gasteiger partial charge on any atom is 0.162 e. The number of hydrogen-bond donors (Lipinski definition) is 0. The summed E-state index contributed by atoms with van der Waals surface area (Å²) < 4.78 is 1.26. The van der Waals surface area contributed by atoms with Crippen molar-refractivity contribution in [2.75, 3.05) is 0 Å². The zero-order chi connectivity index (χ0) is 28.3. The highest BCUT2D eigenvalue weighted by atomic mass is 32.1. The summed E-state index contributed by atoms with van der Waals surface area (Å²) in [6, 6.07) is 51.8. The molecule has 9 aromatic rings. The van der Waals surface area contributed by atoms with Crippen molar-refractivity contribution in [3.63, 3.8) is 0 Å². The number of rotatable bonds is 3. The minimum absolute atomic E-state index is 0.754. The van der Waals surface area contributed by atoms with Crippen LogP contribution < -0.4 is 0 Å². The second-order valence-electron chi connectivity index (χ2n) is 10.9. The summed E-state index contributed by atoms with van der Waals surface area (Å²) >= 11 is 1.78. The van der Waals surface area contributed by atoms with Gasteiger partial charge in [-0.3, -0.25) is 0 Å². The maximum atomic E-state index is 5.43. The summed E-state index contributed by atoms with van der Waals surface area (Å²) in [6.07, 6.45) is 0. The lowest BCUT2D eigenvalue weighted by molar-refractivity contribution is 1.25. The van der Waals surface area contributed by atoms with E-state index in [0.717, 1.165) is 38.2 Å². The molecule has 0 aliphatic carbocycles. The highest BCUT2D eigenvalue weighted by Crippen LogP contribution is 2.47. The molecule has 0 radical (unpaired) electrons. The zero-order valence-corrected chi connectivity index (χ0v) is 24.0. The van der Waals surface area contributed by atoms with E-state index in [1.165, 1.54) is 48.1 Å². The highest BCUT2D eigenvalue weighted by Gasteiger charge is 2.21. The molecule has 3 heteroatoms. The number of fused-ring (bicyclic) bond motifs is 9. The standard InChI is InChI=1S/C40H24N2S/c1-2-12-25(13-3-1)27-16-10-17-28(24-27)37-36-35-32-21-8-6-19-30(32)31-20-7-9-22-33(31)38(35)43-40(36)42-39(41-37)34-23-11-15-26-14-4-5-18-29(26)34/h1-24H. The Morgan fingerprint density at radius 2 is 1.02 bits per heavy atom. The molecule has 0 N–H and O–H groups in total. The first kappa shape index (κ1) is 24.2. The quantitative estimate of drug-likeness (QED) is 0.199. The Balaban J connectivity index is 1.45. The lowest BCUT2D eigenvalue weighted by atomic mass is 9.95. The minimum atomic E-state index is 0.754. The van der Waals surface area contributed by atoms with Gasteiger partial charge in [0.25, 0.3) is 0 Å². The molecule has 0 aliphatic rings. The van der Waals surface area contributed by atoms with Crippen LogP contribution in [0, 0.1) is 0 Å². The summed E-state index contributed by atoms with van der Waals surface area (Å²) in [4.78, 5) is 11.8. The van der Waals surface area contributed by atoms with E-state index in [4.69, 9.17) is 9.97 Å². The van der Waals surface area contributed by atoms with E-state index in [1.807, 2.05) is 0 Å². The van der Waals surface area contributed by atoms with Gasteiger partial charge in [-0.05, 0) is 44.1 Å². The molecule has 0 atom stereocenters. The summed E-state index contributed by atoms with van der Waals surface area (Å²) in [6.45, 7) is 0. The van der Waals surface area contributed by atoms with Gasteiger partial charge in [0.05, 0.1) is 5.69 Å². The van der Waals surface area contributed by atoms with Gasteiger partial charge in [-0.1, -0.05) is 140 Å². The molecule has 0 unspecified atom stereocenters. The van der Waals surface area contributed by atoms with Gasteiger partial charge < -0.3 is 0 Å². The molecular weight excluding hydrogens is 541 g/mol. The van der Waals surface area contributed by atoms with Crippen molar-refractivity contribution in [3.05, 3.63) is 146 Å². The molecule has 2 heterocycles. The summed E-state index contributed by atoms with van der Waals surface area (Å²) in [5.74, 6) is 0.754. The van der Waals surface area contributed by atoms with Crippen molar-refractivity contribution in [2.45, 2.75) is 0 Å². The fraction of sp³-hybridized carbons (Fsp3) is 0. The van der Waals surface area contributed by atoms with Crippen molar-refractivity contribution in [1.29, 1.82) is 0 Å². The molecule has 0 bridgehead atoms. The topological polar surface area (TPSA) is 25.8 Å². The largest absolute Gasteiger partial charge is 0.227 e. The second-order valence-corrected chi connectivity index (χ2v) is 11.9. The monoisotopic (exact) mass is 564 g/mol. The summed E-state index contributed by atoms with van der Waals surface area (Å²) in [5, 5.41) is 9.73. The number of hydrogen-bond acceptors (Lipinski definition) is 3. The van der Waals surface area contributed by atoms with Crippen LogP contribution in [0.15, 0.2) is 146 Å². The molecule has 43 heavy (non-hydrogen) atoms. The molecule has 0 fully saturated rings. The van der Waals surface area contributed by atoms with Crippen molar-refractivity contribution < 1.29 is 0 Å². The van der Waals surface area contributed by atoms with Gasteiger partial charge in [0.1, 0.15) is 4.83 Å². The summed E-state index contributed by atoms with van der Waals surface area (Å²) in [5.41, 5.74) is 5.47. The Hall–Kier alpha value is -5.38. The molecule has 0 saturated heterocycles. The first-order chi connectivity index (χ1) is 21.3. The molecule has 0 amide bonds. The predicted octanol–water partition coefficient (Wildman–Crippen LogP) is 11.3. The molecule has 2 aromatic heterocycles. The van der Waals surface area contributed by atoms with E-state index in [1.54, 1.807) is 11.3 Å². The van der Waals surface area contributed by atoms with E-state index >= 15 is 0 Å². The molecule has 0 saturated carbocycles. The van der Waals surface area contributed by atoms with Crippen LogP contribution in [0.2, 0.25) is 0 Å². The number of aromatic nitrogens is 2. The van der Waals surface area contributed by atoms with E-state index in [9.17, 15) is 0 Å². The van der Waals surface area contributed by atoms with Crippen LogP contribution in [-0.2, 0) is 0 Å². The molecule has 0 spiro atoms. The molecule has 2 nitrogen and oxygen atoms in total. The van der Waals surface area contributed by atoms with Crippen LogP contribution in [0.5, 0.6) is 0 Å². The third kappa shape index (κ3) is 3.79. The van der Waals surface area contributed by atoms with Gasteiger partial charge in [0.15, 0.2) is 5.82 Å². The third-order valence-corrected chi connectivity index (χ3v) is 9.60. The van der Waals surface area contributed by atoms with Gasteiger partial charge in [-0.15, -0.1) is 11.3 Å². The van der Waals surface area contributed by atoms with Gasteiger partial charge >= 0.3 is 0 Å². The van der Waals surface area contributed by atoms with Gasteiger partial charge in [0.2, 0.25) is 0 Å². The fourth-order valence-corrected chi connectivity index (χ4v) is 7.75. The van der Waals surface area contributed by atoms with Crippen molar-refractivity contribution in [3.8, 4) is 33.8 Å². The second kappa shape index (κ2) is 9.59. The van der Waals surface area contributed by atoms with Crippen molar-refractivity contribution >= 4 is 64.0 Å². The Morgan fingerprint density at radius 1 is 0.419 bits per heavy atom. The van der Waals surface area contributed by atoms with Gasteiger partial charge in [-0.25, -0.2) is 9.97 Å². The Morgan fingerprint density at radius 3 is 1.86 bits per heavy atom. The lowest BCUT2D eigenvalue weighted by Crippen LogP contribution is -1.95. The van der Waals surface area contributed by atoms with E-state index < -0.39 is 0 Å². The van der Waals surface area contributed by atoms with Crippen LogP contribution in [0.4, 0.5) is 0 Å². The van der Waals surface area contributed by atoms with Crippen LogP contribution in [-0.4, -0.2) is 9.97 Å². The van der Waals surface area contributed by atoms with Crippen LogP contribution >= 0.6 is 11.3 Å². The van der Waals surface area contributed by atoms with Crippen LogP contribution in [0.25, 0.3) is 86.4 Å². The lowest BCUT2D eigenvalue weighted by Gasteiger charge is -2.12. The Bertz CT molecular complexity index is 2500. The summed E-state index contributed by atoms with van der Waals surface area (Å²) in [7, 11) is 0. The smallest absolute Gasteiger partial charge is 0.162 e. The first-order valence-corrected chi connectivity index (χ1v) is 15.3. The molecule has 7 aromatic carbocycles. The number of nitrogens with zero attached hydrogens (tertiary/aromatic N) is 2. The normalized spacial score (nSPS) is 11.7. The van der Waals surface area contributed by atoms with Gasteiger partial charge in [0, 0.05) is 32.0 Å². The van der Waals surface area contributed by atoms with E-state index in [-0.39, 0.29) is 0 Å². The first-order valence-electron chi connectivity index (χ1n) is 14.5. The van der Waals surface area contributed by atoms with E-state index in [0.29, 0.717) is 0 Å². The zero-order valence-electron chi connectivity index (χ0n) is 23.2. The van der Waals surface area contributed by atoms with Crippen LogP contribution in [0.1, 0.15) is 0 Å².